The molecule has 7 heteroatoms. The molecule has 0 bridgehead atoms. The molecule has 0 radical (unpaired) electrons. The van der Waals surface area contributed by atoms with Crippen molar-refractivity contribution in [3.8, 4) is 0 Å². The van der Waals surface area contributed by atoms with Crippen LogP contribution in [0.4, 0.5) is 0 Å². The van der Waals surface area contributed by atoms with Crippen LogP contribution in [0.3, 0.4) is 0 Å². The lowest BCUT2D eigenvalue weighted by atomic mass is 10.0. The number of aliphatic hydroxyl groups excluding tert-OH is 2. The van der Waals surface area contributed by atoms with Gasteiger partial charge in [-0.3, -0.25) is 9.78 Å². The van der Waals surface area contributed by atoms with E-state index in [1.165, 1.54) is 32.1 Å². The molecule has 2 N–H and O–H groups in total. The summed E-state index contributed by atoms with van der Waals surface area (Å²) in [4.78, 5) is 29.7. The Morgan fingerprint density at radius 2 is 1.43 bits per heavy atom. The van der Waals surface area contributed by atoms with Crippen LogP contribution in [0.25, 0.3) is 0 Å². The highest BCUT2D eigenvalue weighted by molar-refractivity contribution is 5.69. The highest BCUT2D eigenvalue weighted by atomic mass is 17.5. The van der Waals surface area contributed by atoms with Gasteiger partial charge in [-0.05, 0) is 6.42 Å². The molecule has 0 aromatic carbocycles. The van der Waals surface area contributed by atoms with Gasteiger partial charge in [-0.25, -0.2) is 9.59 Å². The van der Waals surface area contributed by atoms with Gasteiger partial charge in [-0.1, -0.05) is 58.3 Å². The zero-order valence-corrected chi connectivity index (χ0v) is 14.2. The maximum atomic E-state index is 11.2. The summed E-state index contributed by atoms with van der Waals surface area (Å²) < 4.78 is 0. The van der Waals surface area contributed by atoms with Crippen molar-refractivity contribution in [1.82, 2.24) is 0 Å². The summed E-state index contributed by atoms with van der Waals surface area (Å²) in [5.74, 6) is -1.69. The number of rotatable bonds is 14. The van der Waals surface area contributed by atoms with Crippen LogP contribution in [-0.4, -0.2) is 34.4 Å². The predicted octanol–water partition coefficient (Wildman–Crippen LogP) is 2.58. The molecule has 0 fully saturated rings. The van der Waals surface area contributed by atoms with Crippen LogP contribution in [0.2, 0.25) is 0 Å². The van der Waals surface area contributed by atoms with Gasteiger partial charge < -0.3 is 10.2 Å². The number of unbranched alkanes of at least 4 members (excludes halogenated alkanes) is 7. The molecule has 0 saturated heterocycles. The van der Waals surface area contributed by atoms with Crippen molar-refractivity contribution in [1.29, 1.82) is 0 Å². The number of carbonyl (C=O) groups excluding carboxylic acids is 2. The molecule has 2 unspecified atom stereocenters. The topological polar surface area (TPSA) is 102 Å². The third kappa shape index (κ3) is 14.2. The Morgan fingerprint density at radius 1 is 0.870 bits per heavy atom. The number of carbonyl (C=O) groups is 2. The molecule has 0 aromatic rings. The molecule has 0 spiro atoms. The van der Waals surface area contributed by atoms with E-state index in [1.54, 1.807) is 0 Å². The summed E-state index contributed by atoms with van der Waals surface area (Å²) in [7, 11) is 0. The van der Waals surface area contributed by atoms with Gasteiger partial charge in [0.15, 0.2) is 0 Å². The predicted molar refractivity (Wildman–Crippen MR) is 82.8 cm³/mol. The van der Waals surface area contributed by atoms with Gasteiger partial charge in [-0.15, -0.1) is 0 Å². The van der Waals surface area contributed by atoms with E-state index in [0.29, 0.717) is 6.42 Å². The number of hydrogen-bond acceptors (Lipinski definition) is 7. The van der Waals surface area contributed by atoms with Crippen LogP contribution in [-0.2, 0) is 24.4 Å². The third-order valence-electron chi connectivity index (χ3n) is 3.45. The smallest absolute Gasteiger partial charge is 0.349 e. The first kappa shape index (κ1) is 21.8. The highest BCUT2D eigenvalue weighted by Crippen LogP contribution is 2.13. The molecule has 0 aliphatic rings. The molecule has 0 saturated carbocycles. The van der Waals surface area contributed by atoms with Gasteiger partial charge >= 0.3 is 11.9 Å². The average molecular weight is 334 g/mol. The van der Waals surface area contributed by atoms with Crippen LogP contribution < -0.4 is 0 Å². The normalized spacial score (nSPS) is 13.4. The lowest BCUT2D eigenvalue weighted by Gasteiger charge is -2.16. The van der Waals surface area contributed by atoms with Gasteiger partial charge in [0, 0.05) is 12.0 Å². The fourth-order valence-corrected chi connectivity index (χ4v) is 2.12. The van der Waals surface area contributed by atoms with Gasteiger partial charge in [-0.2, -0.15) is 0 Å². The Bertz CT molecular complexity index is 320. The summed E-state index contributed by atoms with van der Waals surface area (Å²) in [6, 6.07) is 0. The van der Waals surface area contributed by atoms with Crippen molar-refractivity contribution in [2.75, 3.05) is 0 Å². The van der Waals surface area contributed by atoms with E-state index >= 15 is 0 Å². The molecule has 0 heterocycles. The van der Waals surface area contributed by atoms with E-state index < -0.39 is 30.6 Å². The molecule has 0 aliphatic carbocycles. The first-order chi connectivity index (χ1) is 11.0. The van der Waals surface area contributed by atoms with Crippen LogP contribution in [0, 0.1) is 0 Å². The van der Waals surface area contributed by atoms with Crippen molar-refractivity contribution >= 4 is 11.9 Å². The first-order valence-corrected chi connectivity index (χ1v) is 8.38. The molecular formula is C16H30O7. The van der Waals surface area contributed by atoms with Crippen molar-refractivity contribution in [3.05, 3.63) is 0 Å². The Balaban J connectivity index is 3.59. The zero-order chi connectivity index (χ0) is 17.5. The monoisotopic (exact) mass is 334 g/mol. The second kappa shape index (κ2) is 14.4. The average Bonchev–Trinajstić information content (AvgIpc) is 2.49. The van der Waals surface area contributed by atoms with Crippen LogP contribution in [0.1, 0.15) is 78.1 Å². The van der Waals surface area contributed by atoms with E-state index in [9.17, 15) is 19.8 Å². The first-order valence-electron chi connectivity index (χ1n) is 8.38. The fraction of sp³-hybridized carbons (Fsp3) is 0.875. The van der Waals surface area contributed by atoms with Crippen LogP contribution in [0.5, 0.6) is 0 Å². The van der Waals surface area contributed by atoms with Crippen LogP contribution in [0.15, 0.2) is 0 Å². The second-order valence-corrected chi connectivity index (χ2v) is 5.70. The molecule has 136 valence electrons. The lowest BCUT2D eigenvalue weighted by Crippen LogP contribution is -2.29. The summed E-state index contributed by atoms with van der Waals surface area (Å²) in [6.07, 6.45) is 6.91. The highest BCUT2D eigenvalue weighted by Gasteiger charge is 2.21. The maximum Gasteiger partial charge on any atom is 0.349 e. The van der Waals surface area contributed by atoms with Gasteiger partial charge in [0.1, 0.15) is 0 Å². The maximum absolute atomic E-state index is 11.2. The molecular weight excluding hydrogens is 304 g/mol. The minimum absolute atomic E-state index is 0.425. The summed E-state index contributed by atoms with van der Waals surface area (Å²) >= 11 is 0. The Labute approximate surface area is 137 Å². The minimum atomic E-state index is -1.23. The fourth-order valence-electron chi connectivity index (χ4n) is 2.12. The molecule has 2 atom stereocenters. The van der Waals surface area contributed by atoms with Crippen molar-refractivity contribution in [2.24, 2.45) is 0 Å². The van der Waals surface area contributed by atoms with Crippen LogP contribution >= 0.6 is 0 Å². The number of hydrogen-bond donors (Lipinski definition) is 2. The Morgan fingerprint density at radius 3 is 2.00 bits per heavy atom. The summed E-state index contributed by atoms with van der Waals surface area (Å²) in [5, 5.41) is 23.4. The van der Waals surface area contributed by atoms with Crippen molar-refractivity contribution in [3.63, 3.8) is 0 Å². The summed E-state index contributed by atoms with van der Waals surface area (Å²) in [6.45, 7) is 3.27. The van der Waals surface area contributed by atoms with E-state index in [1.807, 2.05) is 0 Å². The van der Waals surface area contributed by atoms with E-state index in [0.717, 1.165) is 26.2 Å². The Kier molecular flexibility index (Phi) is 13.7. The van der Waals surface area contributed by atoms with Gasteiger partial charge in [0.05, 0.1) is 18.6 Å². The minimum Gasteiger partial charge on any atom is -0.390 e. The lowest BCUT2D eigenvalue weighted by molar-refractivity contribution is -0.459. The quantitative estimate of drug-likeness (QED) is 0.286. The Hall–Kier alpha value is -1.18. The second-order valence-electron chi connectivity index (χ2n) is 5.70. The molecule has 0 aromatic heterocycles. The molecule has 0 amide bonds. The SMILES string of the molecule is CCCCCCCCCCC(O)C(O)CC(=O)OOOC(C)=O. The largest absolute Gasteiger partial charge is 0.390 e. The number of aliphatic hydroxyl groups is 2. The van der Waals surface area contributed by atoms with E-state index in [2.05, 4.69) is 21.7 Å². The van der Waals surface area contributed by atoms with Crippen molar-refractivity contribution in [2.45, 2.75) is 90.3 Å². The third-order valence-corrected chi connectivity index (χ3v) is 3.45. The molecule has 0 rings (SSSR count). The van der Waals surface area contributed by atoms with E-state index in [-0.39, 0.29) is 0 Å². The molecule has 7 nitrogen and oxygen atoms in total. The summed E-state index contributed by atoms with van der Waals surface area (Å²) in [5.41, 5.74) is 0. The van der Waals surface area contributed by atoms with Gasteiger partial charge in [0.25, 0.3) is 0 Å². The van der Waals surface area contributed by atoms with E-state index in [4.69, 9.17) is 0 Å². The van der Waals surface area contributed by atoms with Crippen molar-refractivity contribution < 1.29 is 34.6 Å². The standard InChI is InChI=1S/C16H30O7/c1-3-4-5-6-7-8-9-10-11-14(18)15(19)12-16(20)22-23-21-13(2)17/h14-15,18-19H,3-12H2,1-2H3. The van der Waals surface area contributed by atoms with Gasteiger partial charge in [0.2, 0.25) is 0 Å². The zero-order valence-electron chi connectivity index (χ0n) is 14.2. The molecule has 0 aliphatic heterocycles. The molecule has 23 heavy (non-hydrogen) atoms.